The van der Waals surface area contributed by atoms with E-state index in [0.29, 0.717) is 17.8 Å². The summed E-state index contributed by atoms with van der Waals surface area (Å²) in [5.41, 5.74) is 0.243. The third-order valence-electron chi connectivity index (χ3n) is 4.60. The van der Waals surface area contributed by atoms with Gasteiger partial charge in [0.15, 0.2) is 0 Å². The van der Waals surface area contributed by atoms with Crippen molar-refractivity contribution < 1.29 is 9.53 Å². The Bertz CT molecular complexity index is 274. The van der Waals surface area contributed by atoms with E-state index in [1.165, 1.54) is 38.5 Å². The van der Waals surface area contributed by atoms with Gasteiger partial charge in [0.1, 0.15) is 5.78 Å². The molecule has 3 rings (SSSR count). The second-order valence-electron chi connectivity index (χ2n) is 5.95. The second-order valence-corrected chi connectivity index (χ2v) is 5.95. The zero-order chi connectivity index (χ0) is 11.0. The SMILES string of the molecule is O=C(CCC1CCC2(CCCC2)O1)C1CC1. The minimum Gasteiger partial charge on any atom is -0.372 e. The molecule has 2 aliphatic carbocycles. The molecular weight excluding hydrogens is 200 g/mol. The van der Waals surface area contributed by atoms with Crippen LogP contribution in [0.25, 0.3) is 0 Å². The molecule has 1 spiro atoms. The number of ether oxygens (including phenoxy) is 1. The molecular formula is C14H22O2. The Morgan fingerprint density at radius 1 is 1.12 bits per heavy atom. The predicted octanol–water partition coefficient (Wildman–Crippen LogP) is 3.24. The maximum absolute atomic E-state index is 11.6. The number of carbonyl (C=O) groups excluding carboxylic acids is 1. The highest BCUT2D eigenvalue weighted by Crippen LogP contribution is 2.44. The number of hydrogen-bond donors (Lipinski definition) is 0. The average molecular weight is 222 g/mol. The first-order chi connectivity index (χ1) is 7.77. The zero-order valence-corrected chi connectivity index (χ0v) is 10.0. The first kappa shape index (κ1) is 10.8. The Hall–Kier alpha value is -0.370. The van der Waals surface area contributed by atoms with Gasteiger partial charge in [-0.3, -0.25) is 4.79 Å². The summed E-state index contributed by atoms with van der Waals surface area (Å²) in [4.78, 5) is 11.6. The van der Waals surface area contributed by atoms with Gasteiger partial charge in [0.2, 0.25) is 0 Å². The largest absolute Gasteiger partial charge is 0.372 e. The molecule has 0 aromatic carbocycles. The lowest BCUT2D eigenvalue weighted by Crippen LogP contribution is -2.25. The second kappa shape index (κ2) is 4.14. The van der Waals surface area contributed by atoms with Crippen molar-refractivity contribution in [3.8, 4) is 0 Å². The fraction of sp³-hybridized carbons (Fsp3) is 0.929. The molecule has 0 N–H and O–H groups in total. The Morgan fingerprint density at radius 2 is 1.88 bits per heavy atom. The summed E-state index contributed by atoms with van der Waals surface area (Å²) in [6.45, 7) is 0. The normalized spacial score (nSPS) is 32.4. The van der Waals surface area contributed by atoms with Gasteiger partial charge in [0.25, 0.3) is 0 Å². The molecule has 1 unspecified atom stereocenters. The Morgan fingerprint density at radius 3 is 2.56 bits per heavy atom. The summed E-state index contributed by atoms with van der Waals surface area (Å²) < 4.78 is 6.21. The van der Waals surface area contributed by atoms with Gasteiger partial charge in [-0.05, 0) is 44.9 Å². The standard InChI is InChI=1S/C14H22O2/c15-13(11-3-4-11)6-5-12-7-10-14(16-12)8-1-2-9-14/h11-12H,1-10H2. The van der Waals surface area contributed by atoms with Crippen LogP contribution < -0.4 is 0 Å². The molecule has 2 nitrogen and oxygen atoms in total. The number of ketones is 1. The number of hydrogen-bond acceptors (Lipinski definition) is 2. The summed E-state index contributed by atoms with van der Waals surface area (Å²) in [6, 6.07) is 0. The van der Waals surface area contributed by atoms with E-state index >= 15 is 0 Å². The van der Waals surface area contributed by atoms with E-state index < -0.39 is 0 Å². The maximum Gasteiger partial charge on any atom is 0.136 e. The van der Waals surface area contributed by atoms with Crippen LogP contribution in [0, 0.1) is 5.92 Å². The van der Waals surface area contributed by atoms with Crippen molar-refractivity contribution in [1.29, 1.82) is 0 Å². The van der Waals surface area contributed by atoms with Crippen molar-refractivity contribution in [3.05, 3.63) is 0 Å². The van der Waals surface area contributed by atoms with Gasteiger partial charge in [-0.25, -0.2) is 0 Å². The molecule has 16 heavy (non-hydrogen) atoms. The molecule has 0 aromatic heterocycles. The topological polar surface area (TPSA) is 26.3 Å². The van der Waals surface area contributed by atoms with E-state index in [4.69, 9.17) is 4.74 Å². The minimum absolute atomic E-state index is 0.243. The van der Waals surface area contributed by atoms with Gasteiger partial charge in [-0.1, -0.05) is 12.8 Å². The van der Waals surface area contributed by atoms with Crippen molar-refractivity contribution in [2.75, 3.05) is 0 Å². The van der Waals surface area contributed by atoms with E-state index in [9.17, 15) is 4.79 Å². The molecule has 2 heteroatoms. The Labute approximate surface area is 97.7 Å². The number of carbonyl (C=O) groups is 1. The van der Waals surface area contributed by atoms with Gasteiger partial charge >= 0.3 is 0 Å². The van der Waals surface area contributed by atoms with Crippen molar-refractivity contribution in [1.82, 2.24) is 0 Å². The number of Topliss-reactive ketones (excluding diaryl/α,β-unsaturated/α-hetero) is 1. The van der Waals surface area contributed by atoms with Crippen molar-refractivity contribution in [2.45, 2.75) is 75.9 Å². The fourth-order valence-electron chi connectivity index (χ4n) is 3.40. The lowest BCUT2D eigenvalue weighted by molar-refractivity contribution is -0.121. The third-order valence-corrected chi connectivity index (χ3v) is 4.60. The molecule has 0 aromatic rings. The van der Waals surface area contributed by atoms with Crippen LogP contribution in [0.4, 0.5) is 0 Å². The Kier molecular flexibility index (Phi) is 2.78. The number of rotatable bonds is 4. The quantitative estimate of drug-likeness (QED) is 0.730. The summed E-state index contributed by atoms with van der Waals surface area (Å²) >= 11 is 0. The molecule has 3 fully saturated rings. The molecule has 0 amide bonds. The van der Waals surface area contributed by atoms with Crippen LogP contribution in [-0.2, 0) is 9.53 Å². The van der Waals surface area contributed by atoms with E-state index in [1.807, 2.05) is 0 Å². The lowest BCUT2D eigenvalue weighted by Gasteiger charge is -2.23. The van der Waals surface area contributed by atoms with Gasteiger partial charge < -0.3 is 4.74 Å². The van der Waals surface area contributed by atoms with Crippen molar-refractivity contribution in [2.24, 2.45) is 5.92 Å². The monoisotopic (exact) mass is 222 g/mol. The molecule has 0 bridgehead atoms. The van der Waals surface area contributed by atoms with Gasteiger partial charge in [0.05, 0.1) is 11.7 Å². The van der Waals surface area contributed by atoms with Crippen molar-refractivity contribution in [3.63, 3.8) is 0 Å². The fourth-order valence-corrected chi connectivity index (χ4v) is 3.40. The van der Waals surface area contributed by atoms with Crippen molar-refractivity contribution >= 4 is 5.78 Å². The molecule has 1 heterocycles. The molecule has 0 radical (unpaired) electrons. The summed E-state index contributed by atoms with van der Waals surface area (Å²) in [6.07, 6.45) is 12.1. The van der Waals surface area contributed by atoms with E-state index in [2.05, 4.69) is 0 Å². The first-order valence-electron chi connectivity index (χ1n) is 6.98. The van der Waals surface area contributed by atoms with Crippen LogP contribution in [-0.4, -0.2) is 17.5 Å². The van der Waals surface area contributed by atoms with E-state index in [1.54, 1.807) is 0 Å². The zero-order valence-electron chi connectivity index (χ0n) is 10.0. The molecule has 1 atom stereocenters. The van der Waals surface area contributed by atoms with E-state index in [0.717, 1.165) is 25.7 Å². The van der Waals surface area contributed by atoms with Crippen LogP contribution in [0.1, 0.15) is 64.2 Å². The van der Waals surface area contributed by atoms with Gasteiger partial charge in [-0.2, -0.15) is 0 Å². The average Bonchev–Trinajstić information content (AvgIpc) is 2.94. The van der Waals surface area contributed by atoms with E-state index in [-0.39, 0.29) is 5.60 Å². The predicted molar refractivity (Wildman–Crippen MR) is 62.3 cm³/mol. The molecule has 3 aliphatic rings. The first-order valence-corrected chi connectivity index (χ1v) is 6.98. The highest BCUT2D eigenvalue weighted by Gasteiger charge is 2.42. The van der Waals surface area contributed by atoms with Crippen LogP contribution >= 0.6 is 0 Å². The summed E-state index contributed by atoms with van der Waals surface area (Å²) in [5.74, 6) is 0.929. The highest BCUT2D eigenvalue weighted by atomic mass is 16.5. The van der Waals surface area contributed by atoms with Gasteiger partial charge in [-0.15, -0.1) is 0 Å². The van der Waals surface area contributed by atoms with Crippen LogP contribution in [0.5, 0.6) is 0 Å². The van der Waals surface area contributed by atoms with Crippen LogP contribution in [0.2, 0.25) is 0 Å². The van der Waals surface area contributed by atoms with Crippen LogP contribution in [0.15, 0.2) is 0 Å². The Balaban J connectivity index is 1.44. The molecule has 2 saturated carbocycles. The summed E-state index contributed by atoms with van der Waals surface area (Å²) in [7, 11) is 0. The van der Waals surface area contributed by atoms with Gasteiger partial charge in [0, 0.05) is 12.3 Å². The smallest absolute Gasteiger partial charge is 0.136 e. The minimum atomic E-state index is 0.243. The third kappa shape index (κ3) is 2.17. The highest BCUT2D eigenvalue weighted by molar-refractivity contribution is 5.83. The maximum atomic E-state index is 11.6. The van der Waals surface area contributed by atoms with Crippen LogP contribution in [0.3, 0.4) is 0 Å². The molecule has 90 valence electrons. The molecule has 1 aliphatic heterocycles. The summed E-state index contributed by atoms with van der Waals surface area (Å²) in [5, 5.41) is 0. The lowest BCUT2D eigenvalue weighted by atomic mass is 9.97. The molecule has 1 saturated heterocycles.